The van der Waals surface area contributed by atoms with Gasteiger partial charge < -0.3 is 19.3 Å². The summed E-state index contributed by atoms with van der Waals surface area (Å²) in [6, 6.07) is 8.07. The molecule has 2 fully saturated rings. The summed E-state index contributed by atoms with van der Waals surface area (Å²) in [7, 11) is 0. The van der Waals surface area contributed by atoms with Crippen LogP contribution in [0.4, 0.5) is 0 Å². The van der Waals surface area contributed by atoms with Gasteiger partial charge in [0.05, 0.1) is 17.7 Å². The van der Waals surface area contributed by atoms with Crippen molar-refractivity contribution in [3.63, 3.8) is 0 Å². The Labute approximate surface area is 189 Å². The molecule has 0 unspecified atom stereocenters. The Morgan fingerprint density at radius 2 is 1.72 bits per heavy atom. The first-order valence-electron chi connectivity index (χ1n) is 11.1. The first kappa shape index (κ1) is 23.7. The van der Waals surface area contributed by atoms with Crippen LogP contribution < -0.4 is 0 Å². The minimum absolute atomic E-state index is 0.0323. The topological polar surface area (TPSA) is 99.9 Å². The van der Waals surface area contributed by atoms with Crippen LogP contribution in [0.3, 0.4) is 0 Å². The highest BCUT2D eigenvalue weighted by Crippen LogP contribution is 2.24. The van der Waals surface area contributed by atoms with Crippen molar-refractivity contribution in [1.29, 1.82) is 5.26 Å². The molecule has 3 rings (SSSR count). The van der Waals surface area contributed by atoms with Crippen LogP contribution in [-0.2, 0) is 19.1 Å². The molecule has 0 radical (unpaired) electrons. The standard InChI is InChI=1S/C24H31N3O5/c1-24(2,3)32-21(28)16-31-19-10-13-26(14-11-19)23(30)20-5-4-12-27(20)22(29)18-8-6-17(15-25)7-9-18/h6-9,19-20H,4-5,10-14,16H2,1-3H3/t20-/m0/s1. The number of hydrogen-bond acceptors (Lipinski definition) is 6. The number of carbonyl (C=O) groups is 3. The van der Waals surface area contributed by atoms with Crippen LogP contribution in [-0.4, -0.2) is 71.6 Å². The molecule has 2 heterocycles. The van der Waals surface area contributed by atoms with Crippen molar-refractivity contribution in [3.8, 4) is 6.07 Å². The molecule has 0 aromatic heterocycles. The fourth-order valence-corrected chi connectivity index (χ4v) is 4.13. The van der Waals surface area contributed by atoms with Crippen LogP contribution in [0, 0.1) is 11.3 Å². The van der Waals surface area contributed by atoms with Gasteiger partial charge in [0, 0.05) is 25.2 Å². The summed E-state index contributed by atoms with van der Waals surface area (Å²) in [4.78, 5) is 41.4. The Morgan fingerprint density at radius 1 is 1.06 bits per heavy atom. The van der Waals surface area contributed by atoms with Crippen LogP contribution in [0.5, 0.6) is 0 Å². The first-order chi connectivity index (χ1) is 15.2. The van der Waals surface area contributed by atoms with Crippen LogP contribution in [0.25, 0.3) is 0 Å². The molecule has 8 heteroatoms. The van der Waals surface area contributed by atoms with Gasteiger partial charge in [0.15, 0.2) is 0 Å². The molecule has 172 valence electrons. The second-order valence-electron chi connectivity index (χ2n) is 9.27. The van der Waals surface area contributed by atoms with Crippen molar-refractivity contribution in [3.05, 3.63) is 35.4 Å². The number of amides is 2. The lowest BCUT2D eigenvalue weighted by Gasteiger charge is -2.35. The Bertz CT molecular complexity index is 876. The number of hydrogen-bond donors (Lipinski definition) is 0. The fraction of sp³-hybridized carbons (Fsp3) is 0.583. The Balaban J connectivity index is 1.51. The summed E-state index contributed by atoms with van der Waals surface area (Å²) < 4.78 is 10.9. The number of likely N-dealkylation sites (tertiary alicyclic amines) is 2. The number of carbonyl (C=O) groups excluding carboxylic acids is 3. The van der Waals surface area contributed by atoms with E-state index >= 15 is 0 Å². The molecule has 1 aromatic carbocycles. The molecule has 0 saturated carbocycles. The van der Waals surface area contributed by atoms with Crippen LogP contribution in [0.2, 0.25) is 0 Å². The number of piperidine rings is 1. The number of nitrogens with zero attached hydrogens (tertiary/aromatic N) is 3. The average molecular weight is 442 g/mol. The maximum atomic E-state index is 13.2. The van der Waals surface area contributed by atoms with Gasteiger partial charge in [-0.05, 0) is 70.7 Å². The summed E-state index contributed by atoms with van der Waals surface area (Å²) in [5, 5.41) is 8.93. The summed E-state index contributed by atoms with van der Waals surface area (Å²) in [6.07, 6.45) is 2.63. The largest absolute Gasteiger partial charge is 0.458 e. The molecule has 2 saturated heterocycles. The van der Waals surface area contributed by atoms with E-state index in [-0.39, 0.29) is 30.5 Å². The molecule has 0 N–H and O–H groups in total. The minimum atomic E-state index is -0.543. The maximum absolute atomic E-state index is 13.2. The highest BCUT2D eigenvalue weighted by Gasteiger charge is 2.38. The van der Waals surface area contributed by atoms with Crippen molar-refractivity contribution in [1.82, 2.24) is 9.80 Å². The molecule has 2 amide bonds. The summed E-state index contributed by atoms with van der Waals surface area (Å²) in [5.41, 5.74) is 0.434. The van der Waals surface area contributed by atoms with E-state index in [4.69, 9.17) is 14.7 Å². The monoisotopic (exact) mass is 441 g/mol. The Hall–Kier alpha value is -2.92. The Kier molecular flexibility index (Phi) is 7.52. The summed E-state index contributed by atoms with van der Waals surface area (Å²) in [6.45, 7) is 6.96. The van der Waals surface area contributed by atoms with E-state index in [1.807, 2.05) is 26.8 Å². The van der Waals surface area contributed by atoms with Gasteiger partial charge in [-0.2, -0.15) is 5.26 Å². The third-order valence-electron chi connectivity index (χ3n) is 5.67. The van der Waals surface area contributed by atoms with Crippen molar-refractivity contribution in [2.75, 3.05) is 26.2 Å². The summed E-state index contributed by atoms with van der Waals surface area (Å²) in [5.74, 6) is -0.602. The molecule has 0 spiro atoms. The van der Waals surface area contributed by atoms with Crippen molar-refractivity contribution < 1.29 is 23.9 Å². The van der Waals surface area contributed by atoms with E-state index in [0.29, 0.717) is 50.0 Å². The van der Waals surface area contributed by atoms with Gasteiger partial charge in [0.1, 0.15) is 18.2 Å². The molecule has 1 atom stereocenters. The van der Waals surface area contributed by atoms with Gasteiger partial charge in [0.2, 0.25) is 5.91 Å². The van der Waals surface area contributed by atoms with Gasteiger partial charge in [-0.15, -0.1) is 0 Å². The molecule has 1 aromatic rings. The molecule has 2 aliphatic rings. The number of esters is 1. The molecule has 0 aliphatic carbocycles. The fourth-order valence-electron chi connectivity index (χ4n) is 4.13. The normalized spacial score (nSPS) is 19.5. The van der Waals surface area contributed by atoms with Gasteiger partial charge in [-0.3, -0.25) is 9.59 Å². The average Bonchev–Trinajstić information content (AvgIpc) is 3.26. The van der Waals surface area contributed by atoms with Crippen LogP contribution in [0.15, 0.2) is 24.3 Å². The SMILES string of the molecule is CC(C)(C)OC(=O)COC1CCN(C(=O)[C@@H]2CCCN2C(=O)c2ccc(C#N)cc2)CC1. The zero-order valence-corrected chi connectivity index (χ0v) is 19.0. The molecule has 0 bridgehead atoms. The highest BCUT2D eigenvalue weighted by molar-refractivity contribution is 5.98. The lowest BCUT2D eigenvalue weighted by Crippen LogP contribution is -2.50. The van der Waals surface area contributed by atoms with Gasteiger partial charge >= 0.3 is 5.97 Å². The van der Waals surface area contributed by atoms with E-state index in [1.165, 1.54) is 0 Å². The smallest absolute Gasteiger partial charge is 0.332 e. The third-order valence-corrected chi connectivity index (χ3v) is 5.67. The lowest BCUT2D eigenvalue weighted by molar-refractivity contribution is -0.163. The predicted octanol–water partition coefficient (Wildman–Crippen LogP) is 2.51. The zero-order chi connectivity index (χ0) is 23.3. The van der Waals surface area contributed by atoms with E-state index in [2.05, 4.69) is 0 Å². The van der Waals surface area contributed by atoms with Crippen LogP contribution >= 0.6 is 0 Å². The van der Waals surface area contributed by atoms with E-state index in [0.717, 1.165) is 6.42 Å². The van der Waals surface area contributed by atoms with Crippen molar-refractivity contribution >= 4 is 17.8 Å². The van der Waals surface area contributed by atoms with Gasteiger partial charge in [0.25, 0.3) is 5.91 Å². The van der Waals surface area contributed by atoms with E-state index in [9.17, 15) is 14.4 Å². The van der Waals surface area contributed by atoms with Crippen LogP contribution in [0.1, 0.15) is 62.4 Å². The van der Waals surface area contributed by atoms with E-state index < -0.39 is 11.6 Å². The van der Waals surface area contributed by atoms with E-state index in [1.54, 1.807) is 34.1 Å². The second-order valence-corrected chi connectivity index (χ2v) is 9.27. The van der Waals surface area contributed by atoms with Crippen molar-refractivity contribution in [2.45, 2.75) is 64.2 Å². The Morgan fingerprint density at radius 3 is 2.31 bits per heavy atom. The second kappa shape index (κ2) is 10.1. The number of benzene rings is 1. The predicted molar refractivity (Wildman–Crippen MR) is 117 cm³/mol. The molecule has 32 heavy (non-hydrogen) atoms. The number of rotatable bonds is 5. The third kappa shape index (κ3) is 6.07. The van der Waals surface area contributed by atoms with Gasteiger partial charge in [-0.25, -0.2) is 4.79 Å². The first-order valence-corrected chi connectivity index (χ1v) is 11.1. The van der Waals surface area contributed by atoms with Crippen molar-refractivity contribution in [2.24, 2.45) is 0 Å². The molecule has 2 aliphatic heterocycles. The summed E-state index contributed by atoms with van der Waals surface area (Å²) >= 11 is 0. The lowest BCUT2D eigenvalue weighted by atomic mass is 10.1. The highest BCUT2D eigenvalue weighted by atomic mass is 16.6. The minimum Gasteiger partial charge on any atom is -0.458 e. The zero-order valence-electron chi connectivity index (χ0n) is 19.0. The molecular weight excluding hydrogens is 410 g/mol. The molecule has 8 nitrogen and oxygen atoms in total. The maximum Gasteiger partial charge on any atom is 0.332 e. The van der Waals surface area contributed by atoms with Gasteiger partial charge in [-0.1, -0.05) is 0 Å². The quantitative estimate of drug-likeness (QED) is 0.651. The number of ether oxygens (including phenoxy) is 2. The number of nitriles is 1. The molecular formula is C24H31N3O5.